The molecule has 3 aromatic carbocycles. The van der Waals surface area contributed by atoms with Gasteiger partial charge in [0.25, 0.3) is 0 Å². The summed E-state index contributed by atoms with van der Waals surface area (Å²) >= 11 is 0. The molecular weight excluding hydrogens is 386 g/mol. The van der Waals surface area contributed by atoms with E-state index in [0.717, 1.165) is 16.8 Å². The molecule has 0 saturated heterocycles. The van der Waals surface area contributed by atoms with E-state index in [-0.39, 0.29) is 17.3 Å². The van der Waals surface area contributed by atoms with Crippen molar-refractivity contribution < 1.29 is 9.59 Å². The molecule has 5 nitrogen and oxygen atoms in total. The van der Waals surface area contributed by atoms with Crippen LogP contribution in [0.5, 0.6) is 0 Å². The molecule has 0 fully saturated rings. The number of carbonyl (C=O) groups excluding carboxylic acids is 2. The van der Waals surface area contributed by atoms with Crippen LogP contribution in [0.2, 0.25) is 0 Å². The van der Waals surface area contributed by atoms with Crippen LogP contribution in [0.25, 0.3) is 28.2 Å². The van der Waals surface area contributed by atoms with Crippen molar-refractivity contribution in [3.8, 4) is 22.5 Å². The van der Waals surface area contributed by atoms with E-state index >= 15 is 0 Å². The van der Waals surface area contributed by atoms with Crippen LogP contribution >= 0.6 is 0 Å². The second-order valence-electron chi connectivity index (χ2n) is 7.42. The zero-order chi connectivity index (χ0) is 20.9. The third-order valence-electron chi connectivity index (χ3n) is 5.58. The fourth-order valence-corrected chi connectivity index (χ4v) is 4.13. The minimum atomic E-state index is -0.275. The van der Waals surface area contributed by atoms with Gasteiger partial charge in [0.2, 0.25) is 5.78 Å². The van der Waals surface area contributed by atoms with Crippen LogP contribution in [0, 0.1) is 0 Å². The van der Waals surface area contributed by atoms with Gasteiger partial charge in [-0.2, -0.15) is 5.10 Å². The summed E-state index contributed by atoms with van der Waals surface area (Å²) in [5, 5.41) is 4.75. The molecule has 0 atom stereocenters. The van der Waals surface area contributed by atoms with E-state index in [1.807, 2.05) is 60.7 Å². The molecule has 0 aliphatic heterocycles. The van der Waals surface area contributed by atoms with Crippen molar-refractivity contribution in [3.63, 3.8) is 0 Å². The molecule has 0 spiro atoms. The number of nitrogens with zero attached hydrogens (tertiary/aromatic N) is 3. The van der Waals surface area contributed by atoms with Crippen molar-refractivity contribution in [2.75, 3.05) is 0 Å². The number of ketones is 2. The van der Waals surface area contributed by atoms with E-state index in [9.17, 15) is 9.59 Å². The molecule has 1 aliphatic rings. The normalized spacial score (nSPS) is 12.1. The first-order valence-corrected chi connectivity index (χ1v) is 9.95. The van der Waals surface area contributed by atoms with Gasteiger partial charge in [-0.1, -0.05) is 84.9 Å². The van der Waals surface area contributed by atoms with E-state index < -0.39 is 0 Å². The number of fused-ring (bicyclic) bond motifs is 5. The fourth-order valence-electron chi connectivity index (χ4n) is 4.13. The Bertz CT molecular complexity index is 1500. The van der Waals surface area contributed by atoms with Crippen molar-refractivity contribution in [3.05, 3.63) is 113 Å². The van der Waals surface area contributed by atoms with Gasteiger partial charge >= 0.3 is 0 Å². The summed E-state index contributed by atoms with van der Waals surface area (Å²) in [6.07, 6.45) is 0. The average Bonchev–Trinajstić information content (AvgIpc) is 3.39. The summed E-state index contributed by atoms with van der Waals surface area (Å²) < 4.78 is 1.68. The highest BCUT2D eigenvalue weighted by Gasteiger charge is 2.35. The highest BCUT2D eigenvalue weighted by atomic mass is 16.1. The highest BCUT2D eigenvalue weighted by Crippen LogP contribution is 2.39. The van der Waals surface area contributed by atoms with Crippen LogP contribution in [-0.2, 0) is 0 Å². The lowest BCUT2D eigenvalue weighted by Gasteiger charge is -2.08. The van der Waals surface area contributed by atoms with Gasteiger partial charge in [0.1, 0.15) is 5.69 Å². The zero-order valence-electron chi connectivity index (χ0n) is 16.3. The van der Waals surface area contributed by atoms with E-state index in [1.54, 1.807) is 34.8 Å². The minimum Gasteiger partial charge on any atom is -0.288 e. The Balaban J connectivity index is 1.68. The number of hydrogen-bond donors (Lipinski definition) is 0. The van der Waals surface area contributed by atoms with E-state index in [4.69, 9.17) is 5.10 Å². The predicted molar refractivity (Wildman–Crippen MR) is 117 cm³/mol. The zero-order valence-corrected chi connectivity index (χ0v) is 16.3. The molecule has 5 aromatic rings. The average molecular weight is 401 g/mol. The molecule has 31 heavy (non-hydrogen) atoms. The maximum absolute atomic E-state index is 13.4. The second-order valence-corrected chi connectivity index (χ2v) is 7.42. The molecule has 146 valence electrons. The van der Waals surface area contributed by atoms with Crippen LogP contribution in [0.15, 0.2) is 91.0 Å². The summed E-state index contributed by atoms with van der Waals surface area (Å²) in [6.45, 7) is 0. The topological polar surface area (TPSA) is 64.3 Å². The molecule has 0 N–H and O–H groups in total. The Morgan fingerprint density at radius 2 is 1.42 bits per heavy atom. The molecule has 2 heterocycles. The van der Waals surface area contributed by atoms with Crippen LogP contribution in [0.1, 0.15) is 32.0 Å². The molecule has 0 bridgehead atoms. The van der Waals surface area contributed by atoms with Gasteiger partial charge in [-0.25, -0.2) is 9.50 Å². The summed E-state index contributed by atoms with van der Waals surface area (Å²) in [5.74, 6) is -0.473. The van der Waals surface area contributed by atoms with Gasteiger partial charge in [0.15, 0.2) is 11.4 Å². The largest absolute Gasteiger partial charge is 0.288 e. The van der Waals surface area contributed by atoms with Gasteiger partial charge < -0.3 is 0 Å². The fraction of sp³-hybridized carbons (Fsp3) is 0. The van der Waals surface area contributed by atoms with Gasteiger partial charge in [-0.15, -0.1) is 0 Å². The van der Waals surface area contributed by atoms with E-state index in [2.05, 4.69) is 4.98 Å². The molecule has 0 radical (unpaired) electrons. The lowest BCUT2D eigenvalue weighted by molar-refractivity contribution is 0.100. The Morgan fingerprint density at radius 3 is 2.16 bits per heavy atom. The van der Waals surface area contributed by atoms with Crippen molar-refractivity contribution in [2.24, 2.45) is 0 Å². The third-order valence-corrected chi connectivity index (χ3v) is 5.58. The molecule has 6 rings (SSSR count). The summed E-state index contributed by atoms with van der Waals surface area (Å²) in [7, 11) is 0. The predicted octanol–water partition coefficient (Wildman–Crippen LogP) is 4.84. The maximum Gasteiger partial charge on any atom is 0.212 e. The molecule has 0 unspecified atom stereocenters. The van der Waals surface area contributed by atoms with Gasteiger partial charge in [0, 0.05) is 28.3 Å². The maximum atomic E-state index is 13.4. The molecular formula is C26H15N3O2. The minimum absolute atomic E-state index is 0.161. The van der Waals surface area contributed by atoms with E-state index in [0.29, 0.717) is 28.0 Å². The number of benzene rings is 3. The van der Waals surface area contributed by atoms with Crippen molar-refractivity contribution >= 4 is 17.2 Å². The smallest absolute Gasteiger partial charge is 0.212 e. The Kier molecular flexibility index (Phi) is 3.70. The van der Waals surface area contributed by atoms with Crippen molar-refractivity contribution in [2.45, 2.75) is 0 Å². The van der Waals surface area contributed by atoms with Gasteiger partial charge in [0.05, 0.1) is 17.0 Å². The number of hydrogen-bond acceptors (Lipinski definition) is 4. The molecule has 2 aromatic heterocycles. The Hall–Kier alpha value is -4.38. The number of aromatic nitrogens is 3. The van der Waals surface area contributed by atoms with Crippen LogP contribution in [0.3, 0.4) is 0 Å². The first-order chi connectivity index (χ1) is 15.2. The summed E-state index contributed by atoms with van der Waals surface area (Å²) in [5.41, 5.74) is 5.11. The Morgan fingerprint density at radius 1 is 0.774 bits per heavy atom. The van der Waals surface area contributed by atoms with Crippen LogP contribution in [-0.4, -0.2) is 26.2 Å². The van der Waals surface area contributed by atoms with Crippen molar-refractivity contribution in [1.29, 1.82) is 0 Å². The van der Waals surface area contributed by atoms with Gasteiger partial charge in [-0.3, -0.25) is 9.59 Å². The van der Waals surface area contributed by atoms with Gasteiger partial charge in [-0.05, 0) is 0 Å². The highest BCUT2D eigenvalue weighted by molar-refractivity contribution is 6.26. The molecule has 1 aliphatic carbocycles. The second kappa shape index (κ2) is 6.57. The number of rotatable bonds is 3. The quantitative estimate of drug-likeness (QED) is 0.398. The lowest BCUT2D eigenvalue weighted by atomic mass is 10.0. The summed E-state index contributed by atoms with van der Waals surface area (Å²) in [6, 6.07) is 27.9. The lowest BCUT2D eigenvalue weighted by Crippen LogP contribution is -2.13. The standard InChI is InChI=1S/C26H15N3O2/c30-25(17-11-5-2-6-12-17)23-22-24(18-13-7-8-14-19(18)26(22)31)29-21(27-23)15-20(28-29)16-9-3-1-4-10-16/h1-15H. The molecule has 5 heteroatoms. The third kappa shape index (κ3) is 2.57. The number of carbonyl (C=O) groups is 2. The summed E-state index contributed by atoms with van der Waals surface area (Å²) in [4.78, 5) is 31.3. The monoisotopic (exact) mass is 401 g/mol. The first kappa shape index (κ1) is 17.5. The first-order valence-electron chi connectivity index (χ1n) is 9.95. The van der Waals surface area contributed by atoms with Crippen LogP contribution < -0.4 is 0 Å². The SMILES string of the molecule is O=C(c1ccccc1)c1nc2cc(-c3ccccc3)nn2c2c1C(=O)c1ccccc1-2. The molecule has 0 amide bonds. The molecule has 0 saturated carbocycles. The Labute approximate surface area is 177 Å². The van der Waals surface area contributed by atoms with Crippen LogP contribution in [0.4, 0.5) is 0 Å². The van der Waals surface area contributed by atoms with E-state index in [1.165, 1.54) is 0 Å². The van der Waals surface area contributed by atoms with Crippen molar-refractivity contribution in [1.82, 2.24) is 14.6 Å².